The van der Waals surface area contributed by atoms with Crippen LogP contribution >= 0.6 is 0 Å². The van der Waals surface area contributed by atoms with E-state index in [4.69, 9.17) is 5.73 Å². The monoisotopic (exact) mass is 233 g/mol. The number of hydrogen-bond acceptors (Lipinski definition) is 3. The standard InChI is InChI=1S/C13H19N3O/c1-9(12-4-2-3-7-15-12)16-13(17)10-5-6-11(14)8-10/h2-4,7,9-11H,5-6,8,14H2,1H3,(H,16,17)/t9-,10?,11?/m0/s1. The molecule has 1 amide bonds. The first-order valence-electron chi connectivity index (χ1n) is 6.13. The summed E-state index contributed by atoms with van der Waals surface area (Å²) in [6.45, 7) is 1.95. The molecule has 1 aromatic heterocycles. The van der Waals surface area contributed by atoms with Crippen molar-refractivity contribution in [2.75, 3.05) is 0 Å². The van der Waals surface area contributed by atoms with Crippen molar-refractivity contribution in [2.24, 2.45) is 11.7 Å². The highest BCUT2D eigenvalue weighted by Gasteiger charge is 2.28. The predicted molar refractivity (Wildman–Crippen MR) is 66.1 cm³/mol. The summed E-state index contributed by atoms with van der Waals surface area (Å²) in [6.07, 6.45) is 4.40. The summed E-state index contributed by atoms with van der Waals surface area (Å²) in [4.78, 5) is 16.2. The van der Waals surface area contributed by atoms with Crippen LogP contribution in [0.2, 0.25) is 0 Å². The molecule has 1 aliphatic carbocycles. The molecular weight excluding hydrogens is 214 g/mol. The van der Waals surface area contributed by atoms with Crippen molar-refractivity contribution in [1.29, 1.82) is 0 Å². The van der Waals surface area contributed by atoms with Crippen LogP contribution in [-0.2, 0) is 4.79 Å². The van der Waals surface area contributed by atoms with Gasteiger partial charge in [0.25, 0.3) is 0 Å². The van der Waals surface area contributed by atoms with Crippen LogP contribution in [0.5, 0.6) is 0 Å². The van der Waals surface area contributed by atoms with Gasteiger partial charge in [-0.1, -0.05) is 6.07 Å². The molecule has 4 nitrogen and oxygen atoms in total. The molecule has 0 radical (unpaired) electrons. The molecule has 1 aromatic rings. The van der Waals surface area contributed by atoms with E-state index in [0.29, 0.717) is 0 Å². The second kappa shape index (κ2) is 5.27. The fraction of sp³-hybridized carbons (Fsp3) is 0.538. The van der Waals surface area contributed by atoms with Gasteiger partial charge in [0.1, 0.15) is 0 Å². The molecule has 4 heteroatoms. The lowest BCUT2D eigenvalue weighted by Gasteiger charge is -2.16. The van der Waals surface area contributed by atoms with Crippen LogP contribution in [0.1, 0.15) is 37.9 Å². The summed E-state index contributed by atoms with van der Waals surface area (Å²) in [6, 6.07) is 5.87. The number of aromatic nitrogens is 1. The van der Waals surface area contributed by atoms with Crippen molar-refractivity contribution in [3.8, 4) is 0 Å². The maximum absolute atomic E-state index is 12.0. The smallest absolute Gasteiger partial charge is 0.223 e. The number of nitrogens with zero attached hydrogens (tertiary/aromatic N) is 1. The average molecular weight is 233 g/mol. The lowest BCUT2D eigenvalue weighted by molar-refractivity contribution is -0.125. The average Bonchev–Trinajstić information content (AvgIpc) is 2.77. The molecule has 0 spiro atoms. The summed E-state index contributed by atoms with van der Waals surface area (Å²) in [5, 5.41) is 3.00. The Morgan fingerprint density at radius 1 is 1.53 bits per heavy atom. The molecule has 3 N–H and O–H groups in total. The molecule has 3 atom stereocenters. The van der Waals surface area contributed by atoms with Gasteiger partial charge < -0.3 is 11.1 Å². The minimum atomic E-state index is -0.0412. The van der Waals surface area contributed by atoms with Gasteiger partial charge in [-0.2, -0.15) is 0 Å². The largest absolute Gasteiger partial charge is 0.348 e. The number of rotatable bonds is 3. The highest BCUT2D eigenvalue weighted by molar-refractivity contribution is 5.79. The van der Waals surface area contributed by atoms with Crippen LogP contribution in [0, 0.1) is 5.92 Å². The Hall–Kier alpha value is -1.42. The van der Waals surface area contributed by atoms with Gasteiger partial charge in [0, 0.05) is 18.2 Å². The minimum Gasteiger partial charge on any atom is -0.348 e. The van der Waals surface area contributed by atoms with E-state index in [1.54, 1.807) is 6.20 Å². The van der Waals surface area contributed by atoms with E-state index in [9.17, 15) is 4.79 Å². The van der Waals surface area contributed by atoms with Crippen molar-refractivity contribution in [2.45, 2.75) is 38.3 Å². The third-order valence-electron chi connectivity index (χ3n) is 3.33. The van der Waals surface area contributed by atoms with E-state index >= 15 is 0 Å². The second-order valence-corrected chi connectivity index (χ2v) is 4.75. The fourth-order valence-electron chi connectivity index (χ4n) is 2.29. The number of hydrogen-bond donors (Lipinski definition) is 2. The molecule has 0 saturated heterocycles. The third-order valence-corrected chi connectivity index (χ3v) is 3.33. The van der Waals surface area contributed by atoms with Gasteiger partial charge in [-0.25, -0.2) is 0 Å². The summed E-state index contributed by atoms with van der Waals surface area (Å²) in [7, 11) is 0. The first-order valence-corrected chi connectivity index (χ1v) is 6.13. The van der Waals surface area contributed by atoms with Crippen LogP contribution in [0.3, 0.4) is 0 Å². The highest BCUT2D eigenvalue weighted by atomic mass is 16.1. The Morgan fingerprint density at radius 2 is 2.35 bits per heavy atom. The summed E-state index contributed by atoms with van der Waals surface area (Å²) in [5.74, 6) is 0.187. The highest BCUT2D eigenvalue weighted by Crippen LogP contribution is 2.24. The molecule has 17 heavy (non-hydrogen) atoms. The van der Waals surface area contributed by atoms with Gasteiger partial charge in [-0.05, 0) is 38.3 Å². The normalized spacial score (nSPS) is 25.5. The Kier molecular flexibility index (Phi) is 3.74. The minimum absolute atomic E-state index is 0.0412. The zero-order chi connectivity index (χ0) is 12.3. The van der Waals surface area contributed by atoms with Gasteiger partial charge in [0.05, 0.1) is 11.7 Å². The number of nitrogens with two attached hydrogens (primary N) is 1. The van der Waals surface area contributed by atoms with Gasteiger partial charge in [-0.3, -0.25) is 9.78 Å². The predicted octanol–water partition coefficient (Wildman–Crippen LogP) is 1.39. The third kappa shape index (κ3) is 3.03. The second-order valence-electron chi connectivity index (χ2n) is 4.75. The zero-order valence-electron chi connectivity index (χ0n) is 10.1. The van der Waals surface area contributed by atoms with Crippen molar-refractivity contribution >= 4 is 5.91 Å². The molecule has 92 valence electrons. The van der Waals surface area contributed by atoms with Crippen molar-refractivity contribution < 1.29 is 4.79 Å². The fourth-order valence-corrected chi connectivity index (χ4v) is 2.29. The van der Waals surface area contributed by atoms with Crippen molar-refractivity contribution in [1.82, 2.24) is 10.3 Å². The summed E-state index contributed by atoms with van der Waals surface area (Å²) >= 11 is 0. The number of nitrogens with one attached hydrogen (secondary N) is 1. The molecule has 1 heterocycles. The number of carbonyl (C=O) groups excluding carboxylic acids is 1. The van der Waals surface area contributed by atoms with Crippen molar-refractivity contribution in [3.05, 3.63) is 30.1 Å². The number of amides is 1. The van der Waals surface area contributed by atoms with Crippen LogP contribution < -0.4 is 11.1 Å². The Bertz CT molecular complexity index is 380. The summed E-state index contributed by atoms with van der Waals surface area (Å²) < 4.78 is 0. The lowest BCUT2D eigenvalue weighted by atomic mass is 10.1. The molecule has 1 saturated carbocycles. The number of pyridine rings is 1. The number of carbonyl (C=O) groups is 1. The van der Waals surface area contributed by atoms with Crippen LogP contribution in [0.25, 0.3) is 0 Å². The van der Waals surface area contributed by atoms with Gasteiger partial charge in [0.15, 0.2) is 0 Å². The van der Waals surface area contributed by atoms with E-state index in [1.807, 2.05) is 25.1 Å². The Balaban J connectivity index is 1.91. The molecule has 0 bridgehead atoms. The van der Waals surface area contributed by atoms with Gasteiger partial charge in [-0.15, -0.1) is 0 Å². The van der Waals surface area contributed by atoms with Crippen LogP contribution in [0.15, 0.2) is 24.4 Å². The summed E-state index contributed by atoms with van der Waals surface area (Å²) in [5.41, 5.74) is 6.70. The van der Waals surface area contributed by atoms with Crippen LogP contribution in [0.4, 0.5) is 0 Å². The maximum Gasteiger partial charge on any atom is 0.223 e. The van der Waals surface area contributed by atoms with E-state index in [1.165, 1.54) is 0 Å². The van der Waals surface area contributed by atoms with E-state index < -0.39 is 0 Å². The first kappa shape index (κ1) is 12.0. The molecule has 1 aliphatic rings. The van der Waals surface area contributed by atoms with Gasteiger partial charge >= 0.3 is 0 Å². The van der Waals surface area contributed by atoms with Gasteiger partial charge in [0.2, 0.25) is 5.91 Å². The zero-order valence-corrected chi connectivity index (χ0v) is 10.1. The first-order chi connectivity index (χ1) is 8.16. The lowest BCUT2D eigenvalue weighted by Crippen LogP contribution is -2.32. The van der Waals surface area contributed by atoms with E-state index in [-0.39, 0.29) is 23.9 Å². The molecule has 2 rings (SSSR count). The van der Waals surface area contributed by atoms with E-state index in [2.05, 4.69) is 10.3 Å². The van der Waals surface area contributed by atoms with E-state index in [0.717, 1.165) is 25.0 Å². The molecule has 0 aromatic carbocycles. The maximum atomic E-state index is 12.0. The molecule has 0 aliphatic heterocycles. The Morgan fingerprint density at radius 3 is 2.94 bits per heavy atom. The SMILES string of the molecule is C[C@H](NC(=O)C1CCC(N)C1)c1ccccn1. The Labute approximate surface area is 102 Å². The van der Waals surface area contributed by atoms with Crippen molar-refractivity contribution in [3.63, 3.8) is 0 Å². The van der Waals surface area contributed by atoms with Crippen LogP contribution in [-0.4, -0.2) is 16.9 Å². The molecule has 2 unspecified atom stereocenters. The molecular formula is C13H19N3O. The molecule has 1 fully saturated rings. The quantitative estimate of drug-likeness (QED) is 0.829. The topological polar surface area (TPSA) is 68.0 Å².